The summed E-state index contributed by atoms with van der Waals surface area (Å²) in [6.45, 7) is 5.32. The minimum absolute atomic E-state index is 0.0115. The maximum Gasteiger partial charge on any atom is 0.252 e. The first-order valence-corrected chi connectivity index (χ1v) is 8.93. The van der Waals surface area contributed by atoms with E-state index >= 15 is 0 Å². The van der Waals surface area contributed by atoms with Crippen LogP contribution in [0.1, 0.15) is 56.3 Å². The number of carbonyl (C=O) groups is 1. The summed E-state index contributed by atoms with van der Waals surface area (Å²) in [6, 6.07) is 5.57. The molecule has 116 valence electrons. The molecule has 0 spiro atoms. The molecule has 1 saturated carbocycles. The van der Waals surface area contributed by atoms with Crippen LogP contribution in [-0.2, 0) is 0 Å². The van der Waals surface area contributed by atoms with Gasteiger partial charge in [-0.15, -0.1) is 12.6 Å². The fourth-order valence-corrected chi connectivity index (χ4v) is 4.36. The Kier molecular flexibility index (Phi) is 5.78. The van der Waals surface area contributed by atoms with Crippen molar-refractivity contribution in [2.75, 3.05) is 6.54 Å². The van der Waals surface area contributed by atoms with Crippen molar-refractivity contribution < 1.29 is 4.79 Å². The maximum atomic E-state index is 12.4. The van der Waals surface area contributed by atoms with Gasteiger partial charge in [-0.05, 0) is 48.8 Å². The molecule has 0 radical (unpaired) electrons. The molecule has 0 unspecified atom stereocenters. The van der Waals surface area contributed by atoms with E-state index < -0.39 is 0 Å². The van der Waals surface area contributed by atoms with Crippen molar-refractivity contribution >= 4 is 34.5 Å². The van der Waals surface area contributed by atoms with Crippen molar-refractivity contribution in [3.8, 4) is 0 Å². The van der Waals surface area contributed by atoms with Gasteiger partial charge in [0.1, 0.15) is 0 Å². The molecule has 1 aromatic carbocycles. The summed E-state index contributed by atoms with van der Waals surface area (Å²) in [5.41, 5.74) is 0.954. The fraction of sp³-hybridized carbons (Fsp3) is 0.588. The van der Waals surface area contributed by atoms with Crippen LogP contribution in [0.2, 0.25) is 0 Å². The molecule has 1 amide bonds. The third-order valence-corrected chi connectivity index (χ3v) is 5.20. The van der Waals surface area contributed by atoms with Crippen LogP contribution in [-0.4, -0.2) is 12.5 Å². The molecule has 21 heavy (non-hydrogen) atoms. The number of carbonyl (C=O) groups excluding carboxylic acids is 1. The van der Waals surface area contributed by atoms with Gasteiger partial charge in [-0.2, -0.15) is 0 Å². The van der Waals surface area contributed by atoms with Crippen LogP contribution in [0.25, 0.3) is 0 Å². The molecule has 1 aliphatic carbocycles. The molecule has 0 atom stereocenters. The number of thiol groups is 1. The highest BCUT2D eigenvalue weighted by molar-refractivity contribution is 9.10. The van der Waals surface area contributed by atoms with Gasteiger partial charge in [-0.25, -0.2) is 0 Å². The Labute approximate surface area is 141 Å². The van der Waals surface area contributed by atoms with E-state index in [1.54, 1.807) is 0 Å². The average molecular weight is 370 g/mol. The number of halogens is 1. The highest BCUT2D eigenvalue weighted by Gasteiger charge is 2.34. The van der Waals surface area contributed by atoms with Gasteiger partial charge in [0.25, 0.3) is 5.91 Å². The second kappa shape index (κ2) is 7.19. The summed E-state index contributed by atoms with van der Waals surface area (Å²) in [5, 5.41) is 3.14. The van der Waals surface area contributed by atoms with Crippen LogP contribution in [0.4, 0.5) is 0 Å². The predicted octanol–water partition coefficient (Wildman–Crippen LogP) is 5.07. The van der Waals surface area contributed by atoms with Crippen LogP contribution >= 0.6 is 28.6 Å². The molecule has 1 aliphatic rings. The average Bonchev–Trinajstić information content (AvgIpc) is 2.84. The molecular weight excluding hydrogens is 346 g/mol. The monoisotopic (exact) mass is 369 g/mol. The standard InChI is InChI=1S/C17H24BrNOS/c1-12(2)10-17(7-3-4-8-17)11-19-16(20)14-6-5-13(18)9-15(14)21/h5-6,9,12,21H,3-4,7-8,10-11H2,1-2H3,(H,19,20). The Balaban J connectivity index is 2.02. The van der Waals surface area contributed by atoms with E-state index in [9.17, 15) is 4.79 Å². The number of amides is 1. The largest absolute Gasteiger partial charge is 0.351 e. The minimum atomic E-state index is -0.0115. The molecule has 0 aliphatic heterocycles. The summed E-state index contributed by atoms with van der Waals surface area (Å²) in [7, 11) is 0. The van der Waals surface area contributed by atoms with E-state index in [0.717, 1.165) is 11.0 Å². The minimum Gasteiger partial charge on any atom is -0.351 e. The number of hydrogen-bond donors (Lipinski definition) is 2. The lowest BCUT2D eigenvalue weighted by Gasteiger charge is -2.31. The van der Waals surface area contributed by atoms with Crippen molar-refractivity contribution in [1.29, 1.82) is 0 Å². The predicted molar refractivity (Wildman–Crippen MR) is 94.1 cm³/mol. The zero-order valence-electron chi connectivity index (χ0n) is 12.8. The number of rotatable bonds is 5. The Hall–Kier alpha value is -0.480. The Morgan fingerprint density at radius 2 is 2.05 bits per heavy atom. The van der Waals surface area contributed by atoms with E-state index in [4.69, 9.17) is 0 Å². The summed E-state index contributed by atoms with van der Waals surface area (Å²) >= 11 is 7.79. The normalized spacial score (nSPS) is 17.2. The molecule has 1 N–H and O–H groups in total. The molecule has 2 nitrogen and oxygen atoms in total. The Morgan fingerprint density at radius 3 is 2.62 bits per heavy atom. The lowest BCUT2D eigenvalue weighted by Crippen LogP contribution is -2.37. The van der Waals surface area contributed by atoms with Gasteiger partial charge in [0.15, 0.2) is 0 Å². The zero-order valence-corrected chi connectivity index (χ0v) is 15.3. The van der Waals surface area contributed by atoms with Crippen molar-refractivity contribution in [1.82, 2.24) is 5.32 Å². The van der Waals surface area contributed by atoms with Gasteiger partial charge in [0.2, 0.25) is 0 Å². The highest BCUT2D eigenvalue weighted by atomic mass is 79.9. The first-order chi connectivity index (χ1) is 9.92. The first-order valence-electron chi connectivity index (χ1n) is 7.69. The SMILES string of the molecule is CC(C)CC1(CNC(=O)c2ccc(Br)cc2S)CCCC1. The van der Waals surface area contributed by atoms with E-state index in [1.807, 2.05) is 18.2 Å². The van der Waals surface area contributed by atoms with Crippen LogP contribution in [0.15, 0.2) is 27.6 Å². The lowest BCUT2D eigenvalue weighted by molar-refractivity contribution is 0.0919. The van der Waals surface area contributed by atoms with Crippen molar-refractivity contribution in [3.63, 3.8) is 0 Å². The summed E-state index contributed by atoms with van der Waals surface area (Å²) in [6.07, 6.45) is 6.25. The molecule has 4 heteroatoms. The van der Waals surface area contributed by atoms with E-state index in [1.165, 1.54) is 32.1 Å². The van der Waals surface area contributed by atoms with E-state index in [2.05, 4.69) is 47.7 Å². The quantitative estimate of drug-likeness (QED) is 0.696. The maximum absolute atomic E-state index is 12.4. The highest BCUT2D eigenvalue weighted by Crippen LogP contribution is 2.42. The van der Waals surface area contributed by atoms with Crippen LogP contribution in [0.5, 0.6) is 0 Å². The van der Waals surface area contributed by atoms with E-state index in [-0.39, 0.29) is 5.91 Å². The molecular formula is C17H24BrNOS. The molecule has 1 aromatic rings. The van der Waals surface area contributed by atoms with Crippen molar-refractivity contribution in [3.05, 3.63) is 28.2 Å². The van der Waals surface area contributed by atoms with E-state index in [0.29, 0.717) is 21.8 Å². The number of benzene rings is 1. The van der Waals surface area contributed by atoms with Gasteiger partial charge in [0, 0.05) is 15.9 Å². The van der Waals surface area contributed by atoms with Crippen molar-refractivity contribution in [2.45, 2.75) is 50.8 Å². The molecule has 1 fully saturated rings. The second-order valence-corrected chi connectivity index (χ2v) is 8.05. The zero-order chi connectivity index (χ0) is 15.5. The Morgan fingerprint density at radius 1 is 1.38 bits per heavy atom. The topological polar surface area (TPSA) is 29.1 Å². The second-order valence-electron chi connectivity index (χ2n) is 6.65. The Bertz CT molecular complexity index is 510. The van der Waals surface area contributed by atoms with Crippen molar-refractivity contribution in [2.24, 2.45) is 11.3 Å². The van der Waals surface area contributed by atoms with Crippen LogP contribution < -0.4 is 5.32 Å². The van der Waals surface area contributed by atoms with Gasteiger partial charge >= 0.3 is 0 Å². The molecule has 2 rings (SSSR count). The van der Waals surface area contributed by atoms with Crippen LogP contribution in [0.3, 0.4) is 0 Å². The third-order valence-electron chi connectivity index (χ3n) is 4.33. The molecule has 0 saturated heterocycles. The molecule has 0 bridgehead atoms. The summed E-state index contributed by atoms with van der Waals surface area (Å²) in [5.74, 6) is 0.663. The molecule has 0 heterocycles. The number of hydrogen-bond acceptors (Lipinski definition) is 2. The van der Waals surface area contributed by atoms with Gasteiger partial charge in [0.05, 0.1) is 5.56 Å². The van der Waals surface area contributed by atoms with Gasteiger partial charge in [-0.1, -0.05) is 42.6 Å². The summed E-state index contributed by atoms with van der Waals surface area (Å²) in [4.78, 5) is 13.1. The van der Waals surface area contributed by atoms with Gasteiger partial charge in [-0.3, -0.25) is 4.79 Å². The smallest absolute Gasteiger partial charge is 0.252 e. The third kappa shape index (κ3) is 4.49. The summed E-state index contributed by atoms with van der Waals surface area (Å²) < 4.78 is 0.941. The first kappa shape index (κ1) is 16.9. The number of nitrogens with one attached hydrogen (secondary N) is 1. The van der Waals surface area contributed by atoms with Crippen LogP contribution in [0, 0.1) is 11.3 Å². The fourth-order valence-electron chi connectivity index (χ4n) is 3.50. The lowest BCUT2D eigenvalue weighted by atomic mass is 9.78. The van der Waals surface area contributed by atoms with Gasteiger partial charge < -0.3 is 5.32 Å². The molecule has 0 aromatic heterocycles.